The zero-order valence-electron chi connectivity index (χ0n) is 15.2. The number of anilines is 1. The Morgan fingerprint density at radius 3 is 3.22 bits per heavy atom. The molecule has 5 rings (SSSR count). The predicted molar refractivity (Wildman–Crippen MR) is 109 cm³/mol. The highest BCUT2D eigenvalue weighted by Crippen LogP contribution is 2.44. The molecule has 0 bridgehead atoms. The quantitative estimate of drug-likeness (QED) is 0.682. The second-order valence-corrected chi connectivity index (χ2v) is 8.48. The number of nitrogens with one attached hydrogen (secondary N) is 2. The van der Waals surface area contributed by atoms with Crippen LogP contribution in [0, 0.1) is 5.92 Å². The van der Waals surface area contributed by atoms with Crippen LogP contribution in [0.4, 0.5) is 5.13 Å². The lowest BCUT2D eigenvalue weighted by atomic mass is 9.72. The van der Waals surface area contributed by atoms with Crippen molar-refractivity contribution in [1.82, 2.24) is 14.9 Å². The van der Waals surface area contributed by atoms with Crippen molar-refractivity contribution in [2.75, 3.05) is 18.9 Å². The number of aromatic nitrogens is 2. The molecule has 1 unspecified atom stereocenters. The van der Waals surface area contributed by atoms with Gasteiger partial charge >= 0.3 is 0 Å². The first-order chi connectivity index (χ1) is 13.2. The Kier molecular flexibility index (Phi) is 4.10. The minimum absolute atomic E-state index is 0.103. The lowest BCUT2D eigenvalue weighted by molar-refractivity contribution is -0.111. The molecule has 1 aliphatic carbocycles. The molecule has 138 valence electrons. The second kappa shape index (κ2) is 6.62. The molecule has 0 spiro atoms. The molecule has 3 aromatic rings. The van der Waals surface area contributed by atoms with E-state index in [4.69, 9.17) is 0 Å². The number of fused-ring (bicyclic) bond motifs is 2. The number of aromatic amines is 1. The summed E-state index contributed by atoms with van der Waals surface area (Å²) >= 11 is 1.43. The largest absolute Gasteiger partial charge is 0.361 e. The first kappa shape index (κ1) is 16.7. The number of benzene rings is 1. The highest BCUT2D eigenvalue weighted by atomic mass is 32.1. The molecule has 6 heteroatoms. The van der Waals surface area contributed by atoms with Crippen LogP contribution < -0.4 is 5.32 Å². The molecule has 3 atom stereocenters. The topological polar surface area (TPSA) is 61.0 Å². The minimum atomic E-state index is -0.103. The third-order valence-electron chi connectivity index (χ3n) is 5.94. The smallest absolute Gasteiger partial charge is 0.249 e. The Labute approximate surface area is 162 Å². The molecule has 1 amide bonds. The molecular weight excluding hydrogens is 356 g/mol. The van der Waals surface area contributed by atoms with E-state index in [-0.39, 0.29) is 5.91 Å². The molecular formula is C21H22N4OS. The van der Waals surface area contributed by atoms with Gasteiger partial charge in [0.15, 0.2) is 5.13 Å². The lowest BCUT2D eigenvalue weighted by Crippen LogP contribution is -2.47. The molecule has 3 heterocycles. The van der Waals surface area contributed by atoms with Gasteiger partial charge in [-0.05, 0) is 49.1 Å². The number of hydrogen-bond donors (Lipinski definition) is 2. The first-order valence-corrected chi connectivity index (χ1v) is 10.2. The van der Waals surface area contributed by atoms with Crippen LogP contribution in [0.1, 0.15) is 23.5 Å². The van der Waals surface area contributed by atoms with Crippen LogP contribution in [0.3, 0.4) is 0 Å². The van der Waals surface area contributed by atoms with E-state index in [0.717, 1.165) is 19.4 Å². The number of H-pyrrole nitrogens is 1. The molecule has 2 N–H and O–H groups in total. The standard InChI is InChI=1S/C21H22N4OS/c1-25-12-13(5-6-19(26)24-21-22-7-8-27-21)9-16-15-3-2-4-17-20(15)14(11-23-17)10-18(16)25/h2-8,11,13,16,18,23H,9-10,12H2,1H3,(H,22,24,26)/b6-5+/t13-,16?,18-/m1/s1. The van der Waals surface area contributed by atoms with Gasteiger partial charge in [0.2, 0.25) is 5.91 Å². The van der Waals surface area contributed by atoms with Crippen LogP contribution in [-0.2, 0) is 11.2 Å². The van der Waals surface area contributed by atoms with Crippen molar-refractivity contribution in [1.29, 1.82) is 0 Å². The fraction of sp³-hybridized carbons (Fsp3) is 0.333. The number of rotatable bonds is 3. The Morgan fingerprint density at radius 1 is 1.44 bits per heavy atom. The van der Waals surface area contributed by atoms with Crippen molar-refractivity contribution < 1.29 is 4.79 Å². The average molecular weight is 379 g/mol. The molecule has 5 nitrogen and oxygen atoms in total. The van der Waals surface area contributed by atoms with E-state index in [1.807, 2.05) is 5.38 Å². The second-order valence-electron chi connectivity index (χ2n) is 7.58. The van der Waals surface area contributed by atoms with Crippen molar-refractivity contribution >= 4 is 33.3 Å². The Morgan fingerprint density at radius 2 is 2.37 bits per heavy atom. The van der Waals surface area contributed by atoms with Gasteiger partial charge < -0.3 is 9.88 Å². The number of piperidine rings is 1. The number of thiazole rings is 1. The monoisotopic (exact) mass is 378 g/mol. The van der Waals surface area contributed by atoms with Crippen LogP contribution >= 0.6 is 11.3 Å². The molecule has 27 heavy (non-hydrogen) atoms. The van der Waals surface area contributed by atoms with Gasteiger partial charge in [0.25, 0.3) is 0 Å². The van der Waals surface area contributed by atoms with Crippen LogP contribution in [0.5, 0.6) is 0 Å². The zero-order chi connectivity index (χ0) is 18.4. The fourth-order valence-electron chi connectivity index (χ4n) is 4.78. The summed E-state index contributed by atoms with van der Waals surface area (Å²) in [6, 6.07) is 7.13. The number of carbonyl (C=O) groups excluding carboxylic acids is 1. The Balaban J connectivity index is 1.37. The summed E-state index contributed by atoms with van der Waals surface area (Å²) in [6.45, 7) is 0.984. The van der Waals surface area contributed by atoms with Crippen molar-refractivity contribution in [3.8, 4) is 0 Å². The summed E-state index contributed by atoms with van der Waals surface area (Å²) in [5, 5.41) is 6.73. The van der Waals surface area contributed by atoms with Crippen molar-refractivity contribution in [3.63, 3.8) is 0 Å². The minimum Gasteiger partial charge on any atom is -0.361 e. The number of amides is 1. The average Bonchev–Trinajstić information content (AvgIpc) is 3.32. The highest BCUT2D eigenvalue weighted by Gasteiger charge is 2.38. The molecule has 0 radical (unpaired) electrons. The third kappa shape index (κ3) is 2.99. The van der Waals surface area contributed by atoms with Crippen molar-refractivity contribution in [2.24, 2.45) is 5.92 Å². The molecule has 1 aliphatic heterocycles. The third-order valence-corrected chi connectivity index (χ3v) is 6.63. The first-order valence-electron chi connectivity index (χ1n) is 9.37. The van der Waals surface area contributed by atoms with Crippen molar-refractivity contribution in [3.05, 3.63) is 59.3 Å². The summed E-state index contributed by atoms with van der Waals surface area (Å²) in [5.74, 6) is 0.773. The van der Waals surface area contributed by atoms with E-state index < -0.39 is 0 Å². The highest BCUT2D eigenvalue weighted by molar-refractivity contribution is 7.13. The van der Waals surface area contributed by atoms with E-state index in [2.05, 4.69) is 57.7 Å². The summed E-state index contributed by atoms with van der Waals surface area (Å²) in [7, 11) is 2.21. The van der Waals surface area contributed by atoms with E-state index in [1.165, 1.54) is 33.4 Å². The summed E-state index contributed by atoms with van der Waals surface area (Å²) in [5.41, 5.74) is 4.13. The SMILES string of the molecule is CN1C[C@H](/C=C/C(=O)Nc2nccs2)CC2c3cccc4[nH]cc(c34)C[C@H]21. The van der Waals surface area contributed by atoms with Gasteiger partial charge in [-0.3, -0.25) is 10.1 Å². The Bertz CT molecular complexity index is 1010. The van der Waals surface area contributed by atoms with Gasteiger partial charge in [0, 0.05) is 47.2 Å². The summed E-state index contributed by atoms with van der Waals surface area (Å²) in [6.07, 6.45) is 9.79. The molecule has 2 aliphatic rings. The molecule has 1 aromatic carbocycles. The fourth-order valence-corrected chi connectivity index (χ4v) is 5.31. The molecule has 1 saturated heterocycles. The van der Waals surface area contributed by atoms with Gasteiger partial charge in [-0.1, -0.05) is 18.2 Å². The molecule has 2 aromatic heterocycles. The predicted octanol–water partition coefficient (Wildman–Crippen LogP) is 3.78. The number of carbonyl (C=O) groups is 1. The zero-order valence-corrected chi connectivity index (χ0v) is 16.0. The van der Waals surface area contributed by atoms with Gasteiger partial charge in [-0.15, -0.1) is 11.3 Å². The van der Waals surface area contributed by atoms with E-state index in [0.29, 0.717) is 23.0 Å². The van der Waals surface area contributed by atoms with Gasteiger partial charge in [-0.25, -0.2) is 4.98 Å². The normalized spacial score (nSPS) is 25.0. The van der Waals surface area contributed by atoms with Crippen LogP contribution in [0.2, 0.25) is 0 Å². The Hall–Kier alpha value is -2.44. The van der Waals surface area contributed by atoms with E-state index in [9.17, 15) is 4.79 Å². The number of likely N-dealkylation sites (tertiary alicyclic amines) is 1. The summed E-state index contributed by atoms with van der Waals surface area (Å²) in [4.78, 5) is 22.1. The molecule has 0 saturated carbocycles. The van der Waals surface area contributed by atoms with Crippen molar-refractivity contribution in [2.45, 2.75) is 24.8 Å². The van der Waals surface area contributed by atoms with Gasteiger partial charge in [0.05, 0.1) is 0 Å². The number of hydrogen-bond acceptors (Lipinski definition) is 4. The van der Waals surface area contributed by atoms with E-state index >= 15 is 0 Å². The number of nitrogens with zero attached hydrogens (tertiary/aromatic N) is 2. The maximum atomic E-state index is 12.2. The van der Waals surface area contributed by atoms with Crippen LogP contribution in [0.25, 0.3) is 10.9 Å². The van der Waals surface area contributed by atoms with E-state index in [1.54, 1.807) is 12.3 Å². The maximum Gasteiger partial charge on any atom is 0.249 e. The lowest BCUT2D eigenvalue weighted by Gasteiger charge is -2.45. The van der Waals surface area contributed by atoms with Crippen LogP contribution in [-0.4, -0.2) is 40.4 Å². The van der Waals surface area contributed by atoms with Gasteiger partial charge in [0.1, 0.15) is 0 Å². The number of likely N-dealkylation sites (N-methyl/N-ethyl adjacent to an activating group) is 1. The maximum absolute atomic E-state index is 12.2. The van der Waals surface area contributed by atoms with Gasteiger partial charge in [-0.2, -0.15) is 0 Å². The van der Waals surface area contributed by atoms with Crippen LogP contribution in [0.15, 0.2) is 48.1 Å². The summed E-state index contributed by atoms with van der Waals surface area (Å²) < 4.78 is 0. The molecule has 1 fully saturated rings.